The molecule has 0 aliphatic heterocycles. The number of nitrogens with two attached hydrogens (primary N) is 1. The predicted molar refractivity (Wildman–Crippen MR) is 92.6 cm³/mol. The minimum Gasteiger partial charge on any atom is -0.327 e. The van der Waals surface area contributed by atoms with Gasteiger partial charge in [-0.25, -0.2) is 0 Å². The molecule has 1 saturated carbocycles. The predicted octanol–water partition coefficient (Wildman–Crippen LogP) is 5.07. The Kier molecular flexibility index (Phi) is 5.48. The van der Waals surface area contributed by atoms with Gasteiger partial charge in [0, 0.05) is 6.04 Å². The summed E-state index contributed by atoms with van der Waals surface area (Å²) >= 11 is 0. The zero-order chi connectivity index (χ0) is 15.5. The minimum atomic E-state index is 0.234. The van der Waals surface area contributed by atoms with Crippen molar-refractivity contribution in [1.82, 2.24) is 0 Å². The second kappa shape index (κ2) is 6.96. The maximum atomic E-state index is 6.52. The molecule has 1 aliphatic rings. The van der Waals surface area contributed by atoms with Gasteiger partial charge in [0.25, 0.3) is 0 Å². The molecule has 0 radical (unpaired) electrons. The van der Waals surface area contributed by atoms with Crippen LogP contribution in [0.2, 0.25) is 0 Å². The van der Waals surface area contributed by atoms with Crippen LogP contribution < -0.4 is 5.73 Å². The molecule has 118 valence electrons. The van der Waals surface area contributed by atoms with E-state index in [9.17, 15) is 0 Å². The Balaban J connectivity index is 1.94. The van der Waals surface area contributed by atoms with Gasteiger partial charge in [0.1, 0.15) is 0 Å². The molecule has 1 nitrogen and oxygen atoms in total. The lowest BCUT2D eigenvalue weighted by atomic mass is 9.75. The van der Waals surface area contributed by atoms with Crippen molar-refractivity contribution in [3.8, 4) is 0 Å². The van der Waals surface area contributed by atoms with Crippen LogP contribution in [0.1, 0.15) is 70.9 Å². The normalized spacial score (nSPS) is 24.8. The molecule has 1 fully saturated rings. The fraction of sp³-hybridized carbons (Fsp3) is 0.700. The molecule has 3 unspecified atom stereocenters. The number of hydrogen-bond acceptors (Lipinski definition) is 1. The molecule has 0 amide bonds. The SMILES string of the molecule is CCC1CCCC(C(N)Cc2ccc(C(C)(C)C)cc2)C1. The van der Waals surface area contributed by atoms with Crippen molar-refractivity contribution in [3.05, 3.63) is 35.4 Å². The zero-order valence-corrected chi connectivity index (χ0v) is 14.4. The quantitative estimate of drug-likeness (QED) is 0.822. The summed E-state index contributed by atoms with van der Waals surface area (Å²) < 4.78 is 0. The topological polar surface area (TPSA) is 26.0 Å². The van der Waals surface area contributed by atoms with E-state index in [1.54, 1.807) is 0 Å². The van der Waals surface area contributed by atoms with Crippen molar-refractivity contribution in [2.45, 2.75) is 77.7 Å². The van der Waals surface area contributed by atoms with Crippen LogP contribution in [-0.4, -0.2) is 6.04 Å². The maximum absolute atomic E-state index is 6.52. The first kappa shape index (κ1) is 16.5. The first-order valence-corrected chi connectivity index (χ1v) is 8.75. The van der Waals surface area contributed by atoms with Crippen molar-refractivity contribution >= 4 is 0 Å². The Labute approximate surface area is 131 Å². The number of benzene rings is 1. The fourth-order valence-corrected chi connectivity index (χ4v) is 3.67. The minimum absolute atomic E-state index is 0.234. The van der Waals surface area contributed by atoms with E-state index in [-0.39, 0.29) is 5.41 Å². The second-order valence-corrected chi connectivity index (χ2v) is 8.02. The lowest BCUT2D eigenvalue weighted by molar-refractivity contribution is 0.228. The smallest absolute Gasteiger partial charge is 0.0108 e. The highest BCUT2D eigenvalue weighted by atomic mass is 14.7. The van der Waals surface area contributed by atoms with Crippen molar-refractivity contribution in [2.75, 3.05) is 0 Å². The highest BCUT2D eigenvalue weighted by Gasteiger charge is 2.25. The average Bonchev–Trinajstić information content (AvgIpc) is 2.47. The monoisotopic (exact) mass is 287 g/mol. The maximum Gasteiger partial charge on any atom is 0.0108 e. The van der Waals surface area contributed by atoms with Crippen LogP contribution in [0.15, 0.2) is 24.3 Å². The van der Waals surface area contributed by atoms with Gasteiger partial charge in [-0.15, -0.1) is 0 Å². The van der Waals surface area contributed by atoms with Crippen LogP contribution in [0.5, 0.6) is 0 Å². The summed E-state index contributed by atoms with van der Waals surface area (Å²) in [5.74, 6) is 1.64. The highest BCUT2D eigenvalue weighted by Crippen LogP contribution is 2.33. The third kappa shape index (κ3) is 4.57. The summed E-state index contributed by atoms with van der Waals surface area (Å²) in [6, 6.07) is 9.44. The molecule has 0 aromatic heterocycles. The second-order valence-electron chi connectivity index (χ2n) is 8.02. The molecule has 2 N–H and O–H groups in total. The summed E-state index contributed by atoms with van der Waals surface area (Å²) in [5, 5.41) is 0. The van der Waals surface area contributed by atoms with E-state index in [1.807, 2.05) is 0 Å². The molecule has 0 heterocycles. The molecular formula is C20H33N. The lowest BCUT2D eigenvalue weighted by Crippen LogP contribution is -2.35. The summed E-state index contributed by atoms with van der Waals surface area (Å²) in [6.07, 6.45) is 7.82. The Morgan fingerprint density at radius 3 is 2.38 bits per heavy atom. The van der Waals surface area contributed by atoms with Crippen LogP contribution >= 0.6 is 0 Å². The van der Waals surface area contributed by atoms with E-state index >= 15 is 0 Å². The van der Waals surface area contributed by atoms with Crippen LogP contribution in [0, 0.1) is 11.8 Å². The summed E-state index contributed by atoms with van der Waals surface area (Å²) in [4.78, 5) is 0. The molecule has 1 aromatic rings. The molecule has 0 spiro atoms. The Morgan fingerprint density at radius 2 is 1.81 bits per heavy atom. The van der Waals surface area contributed by atoms with E-state index in [1.165, 1.54) is 43.2 Å². The van der Waals surface area contributed by atoms with Crippen LogP contribution in [0.4, 0.5) is 0 Å². The van der Waals surface area contributed by atoms with Gasteiger partial charge in [0.15, 0.2) is 0 Å². The van der Waals surface area contributed by atoms with Crippen LogP contribution in [0.3, 0.4) is 0 Å². The molecule has 1 aromatic carbocycles. The highest BCUT2D eigenvalue weighted by molar-refractivity contribution is 5.28. The Hall–Kier alpha value is -0.820. The van der Waals surface area contributed by atoms with Gasteiger partial charge in [-0.1, -0.05) is 71.2 Å². The molecule has 21 heavy (non-hydrogen) atoms. The molecule has 3 atom stereocenters. The van der Waals surface area contributed by atoms with Gasteiger partial charge in [0.05, 0.1) is 0 Å². The van der Waals surface area contributed by atoms with Gasteiger partial charge >= 0.3 is 0 Å². The van der Waals surface area contributed by atoms with Crippen molar-refractivity contribution in [1.29, 1.82) is 0 Å². The van der Waals surface area contributed by atoms with E-state index in [0.717, 1.165) is 18.3 Å². The van der Waals surface area contributed by atoms with Gasteiger partial charge in [-0.3, -0.25) is 0 Å². The van der Waals surface area contributed by atoms with E-state index in [2.05, 4.69) is 52.0 Å². The van der Waals surface area contributed by atoms with Crippen molar-refractivity contribution in [2.24, 2.45) is 17.6 Å². The zero-order valence-electron chi connectivity index (χ0n) is 14.4. The number of rotatable bonds is 4. The Morgan fingerprint density at radius 1 is 1.14 bits per heavy atom. The summed E-state index contributed by atoms with van der Waals surface area (Å²) in [7, 11) is 0. The average molecular weight is 287 g/mol. The van der Waals surface area contributed by atoms with Crippen LogP contribution in [0.25, 0.3) is 0 Å². The first-order chi connectivity index (χ1) is 9.90. The lowest BCUT2D eigenvalue weighted by Gasteiger charge is -2.32. The van der Waals surface area contributed by atoms with Crippen molar-refractivity contribution < 1.29 is 0 Å². The van der Waals surface area contributed by atoms with E-state index in [4.69, 9.17) is 5.73 Å². The fourth-order valence-electron chi connectivity index (χ4n) is 3.67. The Bertz CT molecular complexity index is 426. The third-order valence-corrected chi connectivity index (χ3v) is 5.30. The molecule has 2 rings (SSSR count). The largest absolute Gasteiger partial charge is 0.327 e. The number of hydrogen-bond donors (Lipinski definition) is 1. The van der Waals surface area contributed by atoms with Crippen LogP contribution in [-0.2, 0) is 11.8 Å². The third-order valence-electron chi connectivity index (χ3n) is 5.30. The standard InChI is InChI=1S/C20H33N/c1-5-15-7-6-8-17(13-15)19(21)14-16-9-11-18(12-10-16)20(2,3)4/h9-12,15,17,19H,5-8,13-14,21H2,1-4H3. The van der Waals surface area contributed by atoms with Gasteiger partial charge in [0.2, 0.25) is 0 Å². The molecule has 0 saturated heterocycles. The molecule has 0 bridgehead atoms. The van der Waals surface area contributed by atoms with Gasteiger partial charge in [-0.05, 0) is 47.6 Å². The molecular weight excluding hydrogens is 254 g/mol. The van der Waals surface area contributed by atoms with Gasteiger partial charge < -0.3 is 5.73 Å². The van der Waals surface area contributed by atoms with E-state index in [0.29, 0.717) is 6.04 Å². The van der Waals surface area contributed by atoms with Crippen molar-refractivity contribution in [3.63, 3.8) is 0 Å². The first-order valence-electron chi connectivity index (χ1n) is 8.75. The van der Waals surface area contributed by atoms with E-state index < -0.39 is 0 Å². The van der Waals surface area contributed by atoms with Gasteiger partial charge in [-0.2, -0.15) is 0 Å². The molecule has 1 heteroatoms. The summed E-state index contributed by atoms with van der Waals surface area (Å²) in [6.45, 7) is 9.12. The molecule has 1 aliphatic carbocycles. The summed E-state index contributed by atoms with van der Waals surface area (Å²) in [5.41, 5.74) is 9.56.